The summed E-state index contributed by atoms with van der Waals surface area (Å²) in [4.78, 5) is 35.2. The van der Waals surface area contributed by atoms with E-state index in [0.717, 1.165) is 35.6 Å². The molecule has 1 saturated heterocycles. The Kier molecular flexibility index (Phi) is 10.9. The first-order valence-corrected chi connectivity index (χ1v) is 14.2. The molecule has 1 aliphatic rings. The zero-order valence-corrected chi connectivity index (χ0v) is 25.1. The number of hydrogen-bond acceptors (Lipinski definition) is 10. The molecule has 3 N–H and O–H groups in total. The Morgan fingerprint density at radius 2 is 1.84 bits per heavy atom. The van der Waals surface area contributed by atoms with E-state index in [1.807, 2.05) is 49.4 Å². The van der Waals surface area contributed by atoms with Gasteiger partial charge in [-0.2, -0.15) is 15.1 Å². The van der Waals surface area contributed by atoms with Crippen LogP contribution in [0.15, 0.2) is 59.7 Å². The minimum absolute atomic E-state index is 0.192. The Labute approximate surface area is 251 Å². The molecule has 12 nitrogen and oxygen atoms in total. The van der Waals surface area contributed by atoms with E-state index in [-0.39, 0.29) is 18.5 Å². The zero-order valence-electron chi connectivity index (χ0n) is 25.1. The number of nitrogens with one attached hydrogen (secondary N) is 3. The molecule has 0 atom stereocenters. The third-order valence-corrected chi connectivity index (χ3v) is 6.11. The highest BCUT2D eigenvalue weighted by Gasteiger charge is 2.17. The number of ether oxygens (including phenoxy) is 3. The van der Waals surface area contributed by atoms with E-state index in [2.05, 4.69) is 36.0 Å². The number of nitrogens with zero attached hydrogens (tertiary/aromatic N) is 4. The van der Waals surface area contributed by atoms with Crippen LogP contribution in [0.4, 0.5) is 22.1 Å². The second kappa shape index (κ2) is 15.0. The largest absolute Gasteiger partial charge is 0.463 e. The van der Waals surface area contributed by atoms with Gasteiger partial charge in [0.05, 0.1) is 26.0 Å². The summed E-state index contributed by atoms with van der Waals surface area (Å²) in [5.41, 5.74) is 6.13. The third kappa shape index (κ3) is 10.9. The van der Waals surface area contributed by atoms with Gasteiger partial charge in [-0.05, 0) is 51.0 Å². The molecular formula is C31H39N7O5. The summed E-state index contributed by atoms with van der Waals surface area (Å²) >= 11 is 0. The lowest BCUT2D eigenvalue weighted by Gasteiger charge is -2.28. The molecule has 2 aromatic carbocycles. The molecule has 0 unspecified atom stereocenters. The molecular weight excluding hydrogens is 550 g/mol. The maximum absolute atomic E-state index is 12.2. The molecule has 4 rings (SSSR count). The summed E-state index contributed by atoms with van der Waals surface area (Å²) in [5, 5.41) is 9.54. The van der Waals surface area contributed by atoms with Gasteiger partial charge in [0.15, 0.2) is 5.82 Å². The molecule has 0 aliphatic carbocycles. The van der Waals surface area contributed by atoms with Gasteiger partial charge in [0.25, 0.3) is 0 Å². The van der Waals surface area contributed by atoms with Crippen molar-refractivity contribution >= 4 is 35.5 Å². The lowest BCUT2D eigenvalue weighted by Crippen LogP contribution is -2.37. The average Bonchev–Trinajstić information content (AvgIpc) is 2.97. The number of anilines is 3. The summed E-state index contributed by atoms with van der Waals surface area (Å²) in [5.74, 6) is 0.909. The summed E-state index contributed by atoms with van der Waals surface area (Å²) in [6.07, 6.45) is 1.71. The average molecular weight is 590 g/mol. The van der Waals surface area contributed by atoms with E-state index >= 15 is 0 Å². The number of morpholine rings is 1. The van der Waals surface area contributed by atoms with Crippen molar-refractivity contribution in [1.29, 1.82) is 0 Å². The maximum Gasteiger partial charge on any atom is 0.408 e. The van der Waals surface area contributed by atoms with E-state index in [1.165, 1.54) is 0 Å². The lowest BCUT2D eigenvalue weighted by atomic mass is 10.1. The second-order valence-corrected chi connectivity index (χ2v) is 11.0. The summed E-state index contributed by atoms with van der Waals surface area (Å²) in [6, 6.07) is 17.5. The van der Waals surface area contributed by atoms with Gasteiger partial charge in [0.2, 0.25) is 5.91 Å². The number of carbonyl (C=O) groups is 2. The number of hydrogen-bond donors (Lipinski definition) is 3. The molecule has 12 heteroatoms. The fourth-order valence-corrected chi connectivity index (χ4v) is 4.10. The lowest BCUT2D eigenvalue weighted by molar-refractivity contribution is -0.115. The number of carbonyl (C=O) groups excluding carboxylic acids is 2. The van der Waals surface area contributed by atoms with Gasteiger partial charge in [0.1, 0.15) is 18.0 Å². The molecule has 1 aliphatic heterocycles. The van der Waals surface area contributed by atoms with Crippen LogP contribution in [0.2, 0.25) is 0 Å². The van der Waals surface area contributed by atoms with Crippen molar-refractivity contribution in [3.63, 3.8) is 0 Å². The second-order valence-electron chi connectivity index (χ2n) is 11.0. The Hall–Kier alpha value is -4.71. The van der Waals surface area contributed by atoms with Gasteiger partial charge in [-0.1, -0.05) is 42.0 Å². The Bertz CT molecular complexity index is 1400. The molecule has 0 radical (unpaired) electrons. The molecule has 228 valence electrons. The van der Waals surface area contributed by atoms with Crippen LogP contribution in [0.5, 0.6) is 6.01 Å². The smallest absolute Gasteiger partial charge is 0.408 e. The van der Waals surface area contributed by atoms with Crippen molar-refractivity contribution in [2.45, 2.75) is 39.7 Å². The highest BCUT2D eigenvalue weighted by atomic mass is 16.6. The quantitative estimate of drug-likeness (QED) is 0.222. The first-order valence-electron chi connectivity index (χ1n) is 14.2. The minimum atomic E-state index is -0.643. The van der Waals surface area contributed by atoms with Gasteiger partial charge >= 0.3 is 12.1 Å². The number of hydrazone groups is 1. The van der Waals surface area contributed by atoms with Crippen molar-refractivity contribution < 1.29 is 23.8 Å². The number of aryl methyl sites for hydroxylation is 1. The fraction of sp³-hybridized carbons (Fsp3) is 0.387. The molecule has 1 fully saturated rings. The highest BCUT2D eigenvalue weighted by molar-refractivity contribution is 5.93. The van der Waals surface area contributed by atoms with E-state index < -0.39 is 11.7 Å². The Morgan fingerprint density at radius 1 is 1.07 bits per heavy atom. The van der Waals surface area contributed by atoms with Crippen LogP contribution in [-0.2, 0) is 20.7 Å². The van der Waals surface area contributed by atoms with Crippen molar-refractivity contribution in [2.24, 2.45) is 5.10 Å². The van der Waals surface area contributed by atoms with Crippen LogP contribution in [0.3, 0.4) is 0 Å². The van der Waals surface area contributed by atoms with Gasteiger partial charge < -0.3 is 29.7 Å². The number of rotatable bonds is 11. The first kappa shape index (κ1) is 31.2. The standard InChI is InChI=1S/C31H39N7O5/c1-22-6-5-7-24(18-22)20-33-37-26-19-27(38-13-16-41-17-14-38)36-29(35-26)42-15-12-23-8-10-25(11-9-23)34-28(39)21-32-30(40)43-31(2,3)4/h5-11,18-20H,12-17,21H2,1-4H3,(H,32,40)(H,34,39)(H,35,36,37)/b33-20+. The zero-order chi connectivity index (χ0) is 30.7. The number of aromatic nitrogens is 2. The van der Waals surface area contributed by atoms with Crippen LogP contribution >= 0.6 is 0 Å². The molecule has 2 heterocycles. The molecule has 0 spiro atoms. The molecule has 0 saturated carbocycles. The van der Waals surface area contributed by atoms with Crippen molar-refractivity contribution in [3.8, 4) is 6.01 Å². The monoisotopic (exact) mass is 589 g/mol. The Morgan fingerprint density at radius 3 is 2.56 bits per heavy atom. The van der Waals surface area contributed by atoms with Crippen molar-refractivity contribution in [2.75, 3.05) is 55.1 Å². The topological polar surface area (TPSA) is 139 Å². The van der Waals surface area contributed by atoms with Crippen LogP contribution in [-0.4, -0.2) is 73.2 Å². The maximum atomic E-state index is 12.2. The molecule has 0 bridgehead atoms. The van der Waals surface area contributed by atoms with Crippen LogP contribution in [0, 0.1) is 6.92 Å². The normalized spacial score (nSPS) is 13.4. The van der Waals surface area contributed by atoms with Crippen LogP contribution < -0.4 is 25.7 Å². The molecule has 2 amide bonds. The first-order chi connectivity index (χ1) is 20.6. The Balaban J connectivity index is 1.31. The van der Waals surface area contributed by atoms with Crippen LogP contribution in [0.1, 0.15) is 37.5 Å². The highest BCUT2D eigenvalue weighted by Crippen LogP contribution is 2.21. The number of alkyl carbamates (subject to hydrolysis) is 1. The summed E-state index contributed by atoms with van der Waals surface area (Å²) < 4.78 is 16.6. The van der Waals surface area contributed by atoms with Crippen LogP contribution in [0.25, 0.3) is 0 Å². The van der Waals surface area contributed by atoms with E-state index in [4.69, 9.17) is 14.2 Å². The van der Waals surface area contributed by atoms with Gasteiger partial charge in [-0.3, -0.25) is 10.2 Å². The van der Waals surface area contributed by atoms with E-state index in [9.17, 15) is 9.59 Å². The number of amides is 2. The van der Waals surface area contributed by atoms with E-state index in [0.29, 0.717) is 37.7 Å². The van der Waals surface area contributed by atoms with Crippen molar-refractivity contribution in [1.82, 2.24) is 15.3 Å². The van der Waals surface area contributed by atoms with E-state index in [1.54, 1.807) is 39.1 Å². The fourth-order valence-electron chi connectivity index (χ4n) is 4.10. The van der Waals surface area contributed by atoms with Gasteiger partial charge in [-0.25, -0.2) is 4.79 Å². The summed E-state index contributed by atoms with van der Waals surface area (Å²) in [7, 11) is 0. The molecule has 3 aromatic rings. The third-order valence-electron chi connectivity index (χ3n) is 6.11. The van der Waals surface area contributed by atoms with Gasteiger partial charge in [-0.15, -0.1) is 0 Å². The molecule has 1 aromatic heterocycles. The minimum Gasteiger partial charge on any atom is -0.463 e. The predicted molar refractivity (Wildman–Crippen MR) is 166 cm³/mol. The number of benzene rings is 2. The van der Waals surface area contributed by atoms with Gasteiger partial charge in [0, 0.05) is 31.3 Å². The molecule has 43 heavy (non-hydrogen) atoms. The predicted octanol–water partition coefficient (Wildman–Crippen LogP) is 4.15. The SMILES string of the molecule is Cc1cccc(/C=N/Nc2cc(N3CCOCC3)nc(OCCc3ccc(NC(=O)CNC(=O)OC(C)(C)C)cc3)n2)c1. The van der Waals surface area contributed by atoms with Crippen molar-refractivity contribution in [3.05, 3.63) is 71.3 Å². The summed E-state index contributed by atoms with van der Waals surface area (Å²) in [6.45, 7) is 10.2.